The highest BCUT2D eigenvalue weighted by atomic mass is 32.2. The normalized spacial score (nSPS) is 18.4. The molecule has 1 aliphatic heterocycles. The van der Waals surface area contributed by atoms with E-state index in [2.05, 4.69) is 25.0 Å². The highest BCUT2D eigenvalue weighted by molar-refractivity contribution is 8.00. The molecule has 2 heterocycles. The number of ether oxygens (including phenoxy) is 1. The summed E-state index contributed by atoms with van der Waals surface area (Å²) in [5.74, 6) is 0.891. The number of carbonyl (C=O) groups is 1. The van der Waals surface area contributed by atoms with Crippen LogP contribution in [0.1, 0.15) is 31.4 Å². The first-order chi connectivity index (χ1) is 13.1. The van der Waals surface area contributed by atoms with Gasteiger partial charge in [-0.15, -0.1) is 10.2 Å². The standard InChI is InChI=1S/C19H25N5O2S/c1-13-5-3-4-6-16(13)20-17(25)14(2)27-19-22-21-18(24(19)15-7-8-15)23-9-11-26-12-10-23/h3-6,14-15H,7-12H2,1-2H3,(H,20,25). The Morgan fingerprint density at radius 2 is 2.00 bits per heavy atom. The highest BCUT2D eigenvalue weighted by Gasteiger charge is 2.33. The Morgan fingerprint density at radius 1 is 1.26 bits per heavy atom. The predicted molar refractivity (Wildman–Crippen MR) is 106 cm³/mol. The van der Waals surface area contributed by atoms with Gasteiger partial charge >= 0.3 is 0 Å². The van der Waals surface area contributed by atoms with Crippen molar-refractivity contribution in [3.05, 3.63) is 29.8 Å². The maximum absolute atomic E-state index is 12.7. The molecule has 0 radical (unpaired) electrons. The van der Waals surface area contributed by atoms with Gasteiger partial charge in [-0.2, -0.15) is 0 Å². The zero-order chi connectivity index (χ0) is 18.8. The van der Waals surface area contributed by atoms with Crippen LogP contribution in [0.15, 0.2) is 29.4 Å². The molecule has 2 aliphatic rings. The zero-order valence-corrected chi connectivity index (χ0v) is 16.5. The summed E-state index contributed by atoms with van der Waals surface area (Å²) in [6.45, 7) is 7.01. The molecule has 27 heavy (non-hydrogen) atoms. The van der Waals surface area contributed by atoms with Crippen molar-refractivity contribution >= 4 is 29.3 Å². The average Bonchev–Trinajstić information content (AvgIpc) is 3.44. The second-order valence-electron chi connectivity index (χ2n) is 7.05. The van der Waals surface area contributed by atoms with E-state index in [0.29, 0.717) is 6.04 Å². The number of nitrogens with one attached hydrogen (secondary N) is 1. The second-order valence-corrected chi connectivity index (χ2v) is 8.36. The smallest absolute Gasteiger partial charge is 0.237 e. The van der Waals surface area contributed by atoms with E-state index in [1.165, 1.54) is 11.8 Å². The van der Waals surface area contributed by atoms with E-state index in [1.54, 1.807) is 0 Å². The van der Waals surface area contributed by atoms with Crippen molar-refractivity contribution < 1.29 is 9.53 Å². The summed E-state index contributed by atoms with van der Waals surface area (Å²) < 4.78 is 7.66. The fourth-order valence-corrected chi connectivity index (χ4v) is 4.05. The van der Waals surface area contributed by atoms with Crippen LogP contribution in [-0.2, 0) is 9.53 Å². The Hall–Kier alpha value is -2.06. The number of benzene rings is 1. The SMILES string of the molecule is Cc1ccccc1NC(=O)C(C)Sc1nnc(N2CCOCC2)n1C1CC1. The molecular formula is C19H25N5O2S. The Kier molecular flexibility index (Phi) is 5.36. The van der Waals surface area contributed by atoms with Crippen molar-refractivity contribution in [2.75, 3.05) is 36.5 Å². The van der Waals surface area contributed by atoms with Crippen molar-refractivity contribution in [1.82, 2.24) is 14.8 Å². The number of morpholine rings is 1. The van der Waals surface area contributed by atoms with Crippen LogP contribution in [0.4, 0.5) is 11.6 Å². The molecule has 2 aromatic rings. The third-order valence-corrected chi connectivity index (χ3v) is 5.96. The third-order valence-electron chi connectivity index (χ3n) is 4.91. The predicted octanol–water partition coefficient (Wildman–Crippen LogP) is 2.88. The van der Waals surface area contributed by atoms with Gasteiger partial charge in [-0.3, -0.25) is 9.36 Å². The lowest BCUT2D eigenvalue weighted by Gasteiger charge is -2.28. The third kappa shape index (κ3) is 4.11. The molecule has 2 fully saturated rings. The first-order valence-corrected chi connectivity index (χ1v) is 10.3. The van der Waals surface area contributed by atoms with Crippen LogP contribution in [-0.4, -0.2) is 52.2 Å². The number of nitrogens with zero attached hydrogens (tertiary/aromatic N) is 4. The number of rotatable bonds is 6. The molecule has 0 bridgehead atoms. The number of hydrogen-bond donors (Lipinski definition) is 1. The summed E-state index contributed by atoms with van der Waals surface area (Å²) in [4.78, 5) is 14.9. The lowest BCUT2D eigenvalue weighted by molar-refractivity contribution is -0.115. The zero-order valence-electron chi connectivity index (χ0n) is 15.7. The molecule has 1 saturated heterocycles. The molecule has 1 N–H and O–H groups in total. The maximum atomic E-state index is 12.7. The fourth-order valence-electron chi connectivity index (χ4n) is 3.14. The first-order valence-electron chi connectivity index (χ1n) is 9.44. The molecule has 1 saturated carbocycles. The number of aryl methyl sites for hydroxylation is 1. The average molecular weight is 388 g/mol. The van der Waals surface area contributed by atoms with Gasteiger partial charge in [-0.25, -0.2) is 0 Å². The number of para-hydroxylation sites is 1. The summed E-state index contributed by atoms with van der Waals surface area (Å²) in [5.41, 5.74) is 1.91. The van der Waals surface area contributed by atoms with Gasteiger partial charge in [0.25, 0.3) is 0 Å². The summed E-state index contributed by atoms with van der Waals surface area (Å²) in [5, 5.41) is 12.4. The molecule has 7 nitrogen and oxygen atoms in total. The van der Waals surface area contributed by atoms with Gasteiger partial charge in [0, 0.05) is 24.8 Å². The molecule has 0 spiro atoms. The van der Waals surface area contributed by atoms with Crippen LogP contribution in [0.3, 0.4) is 0 Å². The molecule has 8 heteroatoms. The Balaban J connectivity index is 1.47. The van der Waals surface area contributed by atoms with Crippen LogP contribution in [0.5, 0.6) is 0 Å². The minimum atomic E-state index is -0.260. The molecule has 1 aliphatic carbocycles. The maximum Gasteiger partial charge on any atom is 0.237 e. The topological polar surface area (TPSA) is 72.3 Å². The van der Waals surface area contributed by atoms with Gasteiger partial charge < -0.3 is 15.0 Å². The lowest BCUT2D eigenvalue weighted by atomic mass is 10.2. The molecule has 1 unspecified atom stereocenters. The van der Waals surface area contributed by atoms with Crippen molar-refractivity contribution in [2.24, 2.45) is 0 Å². The second kappa shape index (κ2) is 7.90. The monoisotopic (exact) mass is 387 g/mol. The minimum absolute atomic E-state index is 0.0208. The van der Waals surface area contributed by atoms with E-state index in [1.807, 2.05) is 38.1 Å². The van der Waals surface area contributed by atoms with Crippen LogP contribution >= 0.6 is 11.8 Å². The summed E-state index contributed by atoms with van der Waals surface area (Å²) in [6.07, 6.45) is 2.29. The molecule has 4 rings (SSSR count). The number of hydrogen-bond acceptors (Lipinski definition) is 6. The van der Waals surface area contributed by atoms with Crippen LogP contribution in [0.25, 0.3) is 0 Å². The van der Waals surface area contributed by atoms with Crippen molar-refractivity contribution in [3.63, 3.8) is 0 Å². The van der Waals surface area contributed by atoms with Crippen LogP contribution in [0.2, 0.25) is 0 Å². The number of aromatic nitrogens is 3. The quantitative estimate of drug-likeness (QED) is 0.769. The largest absolute Gasteiger partial charge is 0.378 e. The number of carbonyl (C=O) groups excluding carboxylic acids is 1. The molecule has 1 aromatic carbocycles. The molecule has 1 aromatic heterocycles. The van der Waals surface area contributed by atoms with E-state index in [0.717, 1.165) is 61.5 Å². The number of anilines is 2. The van der Waals surface area contributed by atoms with E-state index < -0.39 is 0 Å². The lowest BCUT2D eigenvalue weighted by Crippen LogP contribution is -2.38. The molecule has 144 valence electrons. The van der Waals surface area contributed by atoms with E-state index in [4.69, 9.17) is 4.74 Å². The summed E-state index contributed by atoms with van der Waals surface area (Å²) >= 11 is 1.48. The molecule has 1 atom stereocenters. The minimum Gasteiger partial charge on any atom is -0.378 e. The molecule has 1 amide bonds. The van der Waals surface area contributed by atoms with Gasteiger partial charge in [-0.1, -0.05) is 30.0 Å². The number of amides is 1. The van der Waals surface area contributed by atoms with E-state index >= 15 is 0 Å². The molecular weight excluding hydrogens is 362 g/mol. The van der Waals surface area contributed by atoms with E-state index in [-0.39, 0.29) is 11.2 Å². The highest BCUT2D eigenvalue weighted by Crippen LogP contribution is 2.41. The van der Waals surface area contributed by atoms with Gasteiger partial charge in [0.2, 0.25) is 11.9 Å². The van der Waals surface area contributed by atoms with Gasteiger partial charge in [0.15, 0.2) is 5.16 Å². The first kappa shape index (κ1) is 18.3. The van der Waals surface area contributed by atoms with Gasteiger partial charge in [0.05, 0.1) is 18.5 Å². The van der Waals surface area contributed by atoms with Crippen LogP contribution in [0, 0.1) is 6.92 Å². The fraction of sp³-hybridized carbons (Fsp3) is 0.526. The van der Waals surface area contributed by atoms with Crippen molar-refractivity contribution in [1.29, 1.82) is 0 Å². The van der Waals surface area contributed by atoms with E-state index in [9.17, 15) is 4.79 Å². The number of thioether (sulfide) groups is 1. The van der Waals surface area contributed by atoms with Gasteiger partial charge in [-0.05, 0) is 38.3 Å². The summed E-state index contributed by atoms with van der Waals surface area (Å²) in [7, 11) is 0. The Morgan fingerprint density at radius 3 is 2.70 bits per heavy atom. The Labute approximate surface area is 163 Å². The van der Waals surface area contributed by atoms with Crippen LogP contribution < -0.4 is 10.2 Å². The van der Waals surface area contributed by atoms with Crippen molar-refractivity contribution in [3.8, 4) is 0 Å². The summed E-state index contributed by atoms with van der Waals surface area (Å²) in [6, 6.07) is 8.26. The Bertz CT molecular complexity index is 814. The van der Waals surface area contributed by atoms with Gasteiger partial charge in [0.1, 0.15) is 0 Å². The van der Waals surface area contributed by atoms with Crippen molar-refractivity contribution in [2.45, 2.75) is 43.1 Å².